The van der Waals surface area contributed by atoms with Crippen molar-refractivity contribution in [3.05, 3.63) is 68.0 Å². The minimum absolute atomic E-state index is 0.147. The molecule has 0 amide bonds. The first-order valence-corrected chi connectivity index (χ1v) is 9.38. The number of aryl methyl sites for hydroxylation is 2. The Balaban J connectivity index is 2.17. The van der Waals surface area contributed by atoms with Gasteiger partial charge in [-0.1, -0.05) is 50.5 Å². The van der Waals surface area contributed by atoms with Crippen LogP contribution in [0.1, 0.15) is 61.0 Å². The Morgan fingerprint density at radius 2 is 1.78 bits per heavy atom. The zero-order chi connectivity index (χ0) is 19.8. The normalized spacial score (nSPS) is 10.6. The summed E-state index contributed by atoms with van der Waals surface area (Å²) >= 11 is 0. The highest BCUT2D eigenvalue weighted by atomic mass is 16.2. The van der Waals surface area contributed by atoms with Crippen molar-refractivity contribution < 1.29 is 4.79 Å². The predicted molar refractivity (Wildman–Crippen MR) is 104 cm³/mol. The lowest BCUT2D eigenvalue weighted by molar-refractivity contribution is 0.0968. The second kappa shape index (κ2) is 9.67. The van der Waals surface area contributed by atoms with Crippen LogP contribution in [0.4, 0.5) is 0 Å². The van der Waals surface area contributed by atoms with Gasteiger partial charge in [-0.15, -0.1) is 0 Å². The fourth-order valence-corrected chi connectivity index (χ4v) is 2.94. The Hall–Kier alpha value is -2.94. The summed E-state index contributed by atoms with van der Waals surface area (Å²) in [5, 5.41) is 9.08. The maximum absolute atomic E-state index is 12.5. The summed E-state index contributed by atoms with van der Waals surface area (Å²) in [6.07, 6.45) is 6.94. The van der Waals surface area contributed by atoms with Crippen molar-refractivity contribution in [3.8, 4) is 6.07 Å². The highest BCUT2D eigenvalue weighted by Gasteiger charge is 2.15. The van der Waals surface area contributed by atoms with Crippen molar-refractivity contribution in [2.75, 3.05) is 0 Å². The van der Waals surface area contributed by atoms with Gasteiger partial charge in [0.1, 0.15) is 11.6 Å². The van der Waals surface area contributed by atoms with Crippen molar-refractivity contribution in [3.63, 3.8) is 0 Å². The molecule has 0 N–H and O–H groups in total. The van der Waals surface area contributed by atoms with Crippen LogP contribution in [0.5, 0.6) is 0 Å². The van der Waals surface area contributed by atoms with Gasteiger partial charge < -0.3 is 0 Å². The molecule has 0 radical (unpaired) electrons. The van der Waals surface area contributed by atoms with E-state index < -0.39 is 11.2 Å². The third-order valence-electron chi connectivity index (χ3n) is 4.59. The molecule has 0 spiro atoms. The predicted octanol–water partition coefficient (Wildman–Crippen LogP) is 2.91. The number of benzene rings is 1. The Kier molecular flexibility index (Phi) is 7.30. The van der Waals surface area contributed by atoms with Crippen molar-refractivity contribution in [2.45, 2.75) is 59.0 Å². The molecule has 27 heavy (non-hydrogen) atoms. The SMILES string of the molecule is CCCCCCc1ccc(C(=O)Cn2c(=O)c(C#N)cn(CC)c2=O)cc1. The van der Waals surface area contributed by atoms with Gasteiger partial charge in [-0.2, -0.15) is 5.26 Å². The molecule has 0 atom stereocenters. The number of Topliss-reactive ketones (excluding diaryl/α,β-unsaturated/α-hetero) is 1. The molecule has 2 aromatic rings. The van der Waals surface area contributed by atoms with Gasteiger partial charge in [0.05, 0.1) is 6.54 Å². The zero-order valence-corrected chi connectivity index (χ0v) is 15.9. The van der Waals surface area contributed by atoms with Crippen molar-refractivity contribution in [1.82, 2.24) is 9.13 Å². The molecule has 0 aliphatic carbocycles. The highest BCUT2D eigenvalue weighted by molar-refractivity contribution is 5.95. The lowest BCUT2D eigenvalue weighted by atomic mass is 10.0. The molecule has 0 aliphatic heterocycles. The van der Waals surface area contributed by atoms with E-state index in [9.17, 15) is 14.4 Å². The van der Waals surface area contributed by atoms with E-state index in [1.54, 1.807) is 25.1 Å². The molecule has 0 aliphatic rings. The molecule has 142 valence electrons. The van der Waals surface area contributed by atoms with Crippen LogP contribution in [0, 0.1) is 11.3 Å². The topological polar surface area (TPSA) is 84.9 Å². The van der Waals surface area contributed by atoms with Gasteiger partial charge in [0, 0.05) is 18.3 Å². The quantitative estimate of drug-likeness (QED) is 0.504. The molecule has 6 heteroatoms. The summed E-state index contributed by atoms with van der Waals surface area (Å²) in [5.41, 5.74) is 0.158. The molecule has 0 saturated heterocycles. The summed E-state index contributed by atoms with van der Waals surface area (Å²) < 4.78 is 2.09. The van der Waals surface area contributed by atoms with Gasteiger partial charge in [0.15, 0.2) is 5.78 Å². The van der Waals surface area contributed by atoms with E-state index in [-0.39, 0.29) is 17.9 Å². The van der Waals surface area contributed by atoms with Crippen molar-refractivity contribution >= 4 is 5.78 Å². The molecule has 1 heterocycles. The standard InChI is InChI=1S/C21H25N3O3/c1-3-5-6-7-8-16-9-11-17(12-10-16)19(25)15-24-20(26)18(13-22)14-23(4-2)21(24)27/h9-12,14H,3-8,15H2,1-2H3. The van der Waals surface area contributed by atoms with E-state index in [2.05, 4.69) is 6.92 Å². The van der Waals surface area contributed by atoms with E-state index in [1.807, 2.05) is 12.1 Å². The van der Waals surface area contributed by atoms with Gasteiger partial charge in [-0.3, -0.25) is 18.7 Å². The van der Waals surface area contributed by atoms with E-state index in [0.29, 0.717) is 12.1 Å². The number of nitrogens with zero attached hydrogens (tertiary/aromatic N) is 3. The maximum Gasteiger partial charge on any atom is 0.331 e. The lowest BCUT2D eigenvalue weighted by Crippen LogP contribution is -2.42. The minimum atomic E-state index is -0.729. The van der Waals surface area contributed by atoms with Gasteiger partial charge in [-0.25, -0.2) is 4.79 Å². The molecule has 0 bridgehead atoms. The van der Waals surface area contributed by atoms with Crippen molar-refractivity contribution in [1.29, 1.82) is 5.26 Å². The van der Waals surface area contributed by atoms with Gasteiger partial charge >= 0.3 is 5.69 Å². The first-order chi connectivity index (χ1) is 13.0. The number of rotatable bonds is 9. The highest BCUT2D eigenvalue weighted by Crippen LogP contribution is 2.10. The fraction of sp³-hybridized carbons (Fsp3) is 0.429. The molecule has 0 saturated carbocycles. The number of unbranched alkanes of at least 4 members (excludes halogenated alkanes) is 3. The third kappa shape index (κ3) is 5.04. The van der Waals surface area contributed by atoms with Crippen LogP contribution in [-0.4, -0.2) is 14.9 Å². The van der Waals surface area contributed by atoms with Gasteiger partial charge in [0.25, 0.3) is 5.56 Å². The summed E-state index contributed by atoms with van der Waals surface area (Å²) in [7, 11) is 0. The van der Waals surface area contributed by atoms with Crippen LogP contribution in [0.25, 0.3) is 0 Å². The summed E-state index contributed by atoms with van der Waals surface area (Å²) in [6, 6.07) is 9.07. The molecule has 1 aromatic heterocycles. The van der Waals surface area contributed by atoms with E-state index >= 15 is 0 Å². The molecule has 0 unspecified atom stereocenters. The number of aromatic nitrogens is 2. The van der Waals surface area contributed by atoms with Crippen LogP contribution in [0.15, 0.2) is 40.1 Å². The smallest absolute Gasteiger partial charge is 0.299 e. The third-order valence-corrected chi connectivity index (χ3v) is 4.59. The summed E-state index contributed by atoms with van der Waals surface area (Å²) in [6.45, 7) is 3.85. The van der Waals surface area contributed by atoms with Crippen LogP contribution >= 0.6 is 0 Å². The number of hydrogen-bond donors (Lipinski definition) is 0. The number of hydrogen-bond acceptors (Lipinski definition) is 4. The molecule has 2 rings (SSSR count). The van der Waals surface area contributed by atoms with Crippen LogP contribution in [0.3, 0.4) is 0 Å². The van der Waals surface area contributed by atoms with Crippen LogP contribution in [-0.2, 0) is 19.5 Å². The molecule has 1 aromatic carbocycles. The van der Waals surface area contributed by atoms with Crippen LogP contribution in [0.2, 0.25) is 0 Å². The average Bonchev–Trinajstić information content (AvgIpc) is 2.69. The zero-order valence-electron chi connectivity index (χ0n) is 15.9. The van der Waals surface area contributed by atoms with Crippen molar-refractivity contribution in [2.24, 2.45) is 0 Å². The summed E-state index contributed by atoms with van der Waals surface area (Å²) in [5.74, 6) is -0.329. The number of carbonyl (C=O) groups excluding carboxylic acids is 1. The number of carbonyl (C=O) groups is 1. The first-order valence-electron chi connectivity index (χ1n) is 9.38. The minimum Gasteiger partial charge on any atom is -0.299 e. The first kappa shape index (κ1) is 20.4. The molecule has 0 fully saturated rings. The maximum atomic E-state index is 12.5. The van der Waals surface area contributed by atoms with Crippen LogP contribution < -0.4 is 11.2 Å². The van der Waals surface area contributed by atoms with E-state index in [4.69, 9.17) is 5.26 Å². The second-order valence-corrected chi connectivity index (χ2v) is 6.55. The average molecular weight is 367 g/mol. The summed E-state index contributed by atoms with van der Waals surface area (Å²) in [4.78, 5) is 37.1. The van der Waals surface area contributed by atoms with Gasteiger partial charge in [-0.05, 0) is 25.3 Å². The molecule has 6 nitrogen and oxygen atoms in total. The van der Waals surface area contributed by atoms with Gasteiger partial charge in [0.2, 0.25) is 0 Å². The monoisotopic (exact) mass is 367 g/mol. The molecular formula is C21H25N3O3. The Morgan fingerprint density at radius 1 is 1.07 bits per heavy atom. The number of nitriles is 1. The van der Waals surface area contributed by atoms with E-state index in [0.717, 1.165) is 17.4 Å². The Labute approximate surface area is 158 Å². The second-order valence-electron chi connectivity index (χ2n) is 6.55. The fourth-order valence-electron chi connectivity index (χ4n) is 2.94. The molecular weight excluding hydrogens is 342 g/mol. The Morgan fingerprint density at radius 3 is 2.37 bits per heavy atom. The Bertz CT molecular complexity index is 947. The van der Waals surface area contributed by atoms with E-state index in [1.165, 1.54) is 35.6 Å². The lowest BCUT2D eigenvalue weighted by Gasteiger charge is -2.09. The largest absolute Gasteiger partial charge is 0.331 e. The number of ketones is 1.